The molecule has 0 spiro atoms. The Morgan fingerprint density at radius 3 is 2.83 bits per heavy atom. The van der Waals surface area contributed by atoms with Crippen LogP contribution >= 0.6 is 0 Å². The number of likely N-dealkylation sites (tertiary alicyclic amines) is 2. The minimum absolute atomic E-state index is 0.126. The first-order valence-electron chi connectivity index (χ1n) is 10.9. The van der Waals surface area contributed by atoms with Crippen LogP contribution in [0.25, 0.3) is 0 Å². The maximum absolute atomic E-state index is 12.6. The Morgan fingerprint density at radius 1 is 1.17 bits per heavy atom. The number of piperidine rings is 2. The maximum atomic E-state index is 12.6. The summed E-state index contributed by atoms with van der Waals surface area (Å²) >= 11 is 0. The number of amides is 1. The van der Waals surface area contributed by atoms with Crippen LogP contribution in [0, 0.1) is 5.92 Å². The third-order valence-electron chi connectivity index (χ3n) is 6.29. The molecule has 2 aliphatic heterocycles. The van der Waals surface area contributed by atoms with E-state index in [4.69, 9.17) is 0 Å². The minimum Gasteiger partial charge on any atom is -0.355 e. The molecule has 7 heteroatoms. The number of carbonyl (C=O) groups excluding carboxylic acids is 1. The highest BCUT2D eigenvalue weighted by Gasteiger charge is 2.31. The molecule has 2 aromatic rings. The smallest absolute Gasteiger partial charge is 0.224 e. The molecular formula is C22H32N6O. The molecule has 1 amide bonds. The van der Waals surface area contributed by atoms with Crippen LogP contribution < -0.4 is 5.32 Å². The highest BCUT2D eigenvalue weighted by molar-refractivity contribution is 5.79. The number of nitrogens with zero attached hydrogens (tertiary/aromatic N) is 4. The molecule has 4 rings (SSSR count). The summed E-state index contributed by atoms with van der Waals surface area (Å²) in [5.74, 6) is 0.341. The van der Waals surface area contributed by atoms with Gasteiger partial charge in [0.05, 0.1) is 12.1 Å². The Morgan fingerprint density at radius 2 is 2.07 bits per heavy atom. The molecule has 0 saturated carbocycles. The molecule has 0 radical (unpaired) electrons. The Labute approximate surface area is 172 Å². The highest BCUT2D eigenvalue weighted by Crippen LogP contribution is 2.24. The van der Waals surface area contributed by atoms with Gasteiger partial charge < -0.3 is 5.32 Å². The molecule has 7 nitrogen and oxygen atoms in total. The van der Waals surface area contributed by atoms with Crippen molar-refractivity contribution in [3.05, 3.63) is 48.0 Å². The predicted molar refractivity (Wildman–Crippen MR) is 112 cm³/mol. The van der Waals surface area contributed by atoms with Gasteiger partial charge in [0.25, 0.3) is 0 Å². The fourth-order valence-corrected chi connectivity index (χ4v) is 4.63. The van der Waals surface area contributed by atoms with Crippen molar-refractivity contribution >= 4 is 5.91 Å². The SMILES string of the molecule is O=C(NCCc1cn[nH]c1)C1CCCN(C2CCN(Cc3cccnc3)CC2)C1. The normalized spacial score (nSPS) is 21.9. The molecule has 0 aromatic carbocycles. The lowest BCUT2D eigenvalue weighted by atomic mass is 9.93. The first-order chi connectivity index (χ1) is 14.3. The summed E-state index contributed by atoms with van der Waals surface area (Å²) in [5.41, 5.74) is 2.42. The zero-order valence-electron chi connectivity index (χ0n) is 17.1. The topological polar surface area (TPSA) is 77.2 Å². The summed E-state index contributed by atoms with van der Waals surface area (Å²) in [6.07, 6.45) is 12.8. The van der Waals surface area contributed by atoms with Crippen LogP contribution in [0.15, 0.2) is 36.9 Å². The van der Waals surface area contributed by atoms with Crippen molar-refractivity contribution in [2.75, 3.05) is 32.7 Å². The van der Waals surface area contributed by atoms with Crippen molar-refractivity contribution in [1.29, 1.82) is 0 Å². The van der Waals surface area contributed by atoms with Gasteiger partial charge in [-0.2, -0.15) is 5.10 Å². The van der Waals surface area contributed by atoms with Crippen molar-refractivity contribution < 1.29 is 4.79 Å². The molecule has 1 atom stereocenters. The number of carbonyl (C=O) groups is 1. The summed E-state index contributed by atoms with van der Waals surface area (Å²) in [4.78, 5) is 22.0. The van der Waals surface area contributed by atoms with Crippen molar-refractivity contribution in [2.24, 2.45) is 5.92 Å². The van der Waals surface area contributed by atoms with E-state index in [1.807, 2.05) is 30.9 Å². The molecule has 156 valence electrons. The predicted octanol–water partition coefficient (Wildman–Crippen LogP) is 1.84. The Bertz CT molecular complexity index is 742. The van der Waals surface area contributed by atoms with E-state index in [0.29, 0.717) is 12.6 Å². The van der Waals surface area contributed by atoms with Gasteiger partial charge >= 0.3 is 0 Å². The molecular weight excluding hydrogens is 364 g/mol. The molecule has 2 aliphatic rings. The van der Waals surface area contributed by atoms with Crippen LogP contribution in [0.4, 0.5) is 0 Å². The summed E-state index contributed by atoms with van der Waals surface area (Å²) in [5, 5.41) is 9.89. The van der Waals surface area contributed by atoms with E-state index in [9.17, 15) is 4.79 Å². The molecule has 0 aliphatic carbocycles. The Balaban J connectivity index is 1.20. The van der Waals surface area contributed by atoms with Gasteiger partial charge in [-0.05, 0) is 68.9 Å². The number of aromatic nitrogens is 3. The summed E-state index contributed by atoms with van der Waals surface area (Å²) in [6.45, 7) is 5.95. The molecule has 2 saturated heterocycles. The minimum atomic E-state index is 0.126. The third-order valence-corrected chi connectivity index (χ3v) is 6.29. The molecule has 2 fully saturated rings. The van der Waals surface area contributed by atoms with Crippen LogP contribution in [-0.2, 0) is 17.8 Å². The summed E-state index contributed by atoms with van der Waals surface area (Å²) in [7, 11) is 0. The van der Waals surface area contributed by atoms with Crippen LogP contribution in [0.2, 0.25) is 0 Å². The van der Waals surface area contributed by atoms with E-state index in [0.717, 1.165) is 57.5 Å². The standard InChI is InChI=1S/C22H32N6O/c29-22(24-9-5-18-14-25-26-15-18)20-4-2-10-28(17-20)21-6-11-27(12-7-21)16-19-3-1-8-23-13-19/h1,3,8,13-15,20-21H,2,4-7,9-12,16-17H2,(H,24,29)(H,25,26). The largest absolute Gasteiger partial charge is 0.355 e. The summed E-state index contributed by atoms with van der Waals surface area (Å²) in [6, 6.07) is 4.78. The zero-order valence-corrected chi connectivity index (χ0v) is 17.1. The van der Waals surface area contributed by atoms with Gasteiger partial charge in [0.15, 0.2) is 0 Å². The number of aromatic amines is 1. The summed E-state index contributed by atoms with van der Waals surface area (Å²) < 4.78 is 0. The fourth-order valence-electron chi connectivity index (χ4n) is 4.63. The maximum Gasteiger partial charge on any atom is 0.224 e. The van der Waals surface area contributed by atoms with E-state index in [1.165, 1.54) is 18.4 Å². The molecule has 2 N–H and O–H groups in total. The number of nitrogens with one attached hydrogen (secondary N) is 2. The molecule has 29 heavy (non-hydrogen) atoms. The van der Waals surface area contributed by atoms with Crippen molar-refractivity contribution in [1.82, 2.24) is 30.3 Å². The van der Waals surface area contributed by atoms with Gasteiger partial charge in [-0.1, -0.05) is 6.07 Å². The van der Waals surface area contributed by atoms with E-state index < -0.39 is 0 Å². The fraction of sp³-hybridized carbons (Fsp3) is 0.591. The van der Waals surface area contributed by atoms with Gasteiger partial charge in [-0.25, -0.2) is 0 Å². The Kier molecular flexibility index (Phi) is 6.90. The van der Waals surface area contributed by atoms with Gasteiger partial charge in [0, 0.05) is 44.3 Å². The molecule has 1 unspecified atom stereocenters. The monoisotopic (exact) mass is 396 g/mol. The molecule has 2 aromatic heterocycles. The highest BCUT2D eigenvalue weighted by atomic mass is 16.1. The number of hydrogen-bond donors (Lipinski definition) is 2. The van der Waals surface area contributed by atoms with Crippen LogP contribution in [0.3, 0.4) is 0 Å². The van der Waals surface area contributed by atoms with Gasteiger partial charge in [-0.3, -0.25) is 24.7 Å². The lowest BCUT2D eigenvalue weighted by Crippen LogP contribution is -2.50. The van der Waals surface area contributed by atoms with Gasteiger partial charge in [0.2, 0.25) is 5.91 Å². The van der Waals surface area contributed by atoms with Crippen LogP contribution in [-0.4, -0.2) is 69.7 Å². The Hall–Kier alpha value is -2.25. The number of H-pyrrole nitrogens is 1. The lowest BCUT2D eigenvalue weighted by molar-refractivity contribution is -0.127. The van der Waals surface area contributed by atoms with Crippen LogP contribution in [0.5, 0.6) is 0 Å². The second kappa shape index (κ2) is 9.98. The second-order valence-corrected chi connectivity index (χ2v) is 8.35. The van der Waals surface area contributed by atoms with Crippen LogP contribution in [0.1, 0.15) is 36.8 Å². The van der Waals surface area contributed by atoms with Gasteiger partial charge in [0.1, 0.15) is 0 Å². The van der Waals surface area contributed by atoms with Crippen molar-refractivity contribution in [3.8, 4) is 0 Å². The number of rotatable bonds is 7. The lowest BCUT2D eigenvalue weighted by Gasteiger charge is -2.42. The first kappa shape index (κ1) is 20.0. The second-order valence-electron chi connectivity index (χ2n) is 8.35. The van der Waals surface area contributed by atoms with Gasteiger partial charge in [-0.15, -0.1) is 0 Å². The number of pyridine rings is 1. The average Bonchev–Trinajstić information content (AvgIpc) is 3.29. The quantitative estimate of drug-likeness (QED) is 0.747. The number of hydrogen-bond acceptors (Lipinski definition) is 5. The van der Waals surface area contributed by atoms with E-state index >= 15 is 0 Å². The van der Waals surface area contributed by atoms with E-state index in [1.54, 1.807) is 0 Å². The first-order valence-corrected chi connectivity index (χ1v) is 10.9. The average molecular weight is 397 g/mol. The van der Waals surface area contributed by atoms with E-state index in [-0.39, 0.29) is 11.8 Å². The molecule has 0 bridgehead atoms. The van der Waals surface area contributed by atoms with Crippen molar-refractivity contribution in [2.45, 2.75) is 44.7 Å². The van der Waals surface area contributed by atoms with Crippen molar-refractivity contribution in [3.63, 3.8) is 0 Å². The zero-order chi connectivity index (χ0) is 19.9. The van der Waals surface area contributed by atoms with E-state index in [2.05, 4.69) is 36.4 Å². The molecule has 4 heterocycles. The third kappa shape index (κ3) is 5.64.